The molecule has 2 aromatic carbocycles. The minimum Gasteiger partial charge on any atom is -0.269 e. The van der Waals surface area contributed by atoms with E-state index >= 15 is 0 Å². The predicted octanol–water partition coefficient (Wildman–Crippen LogP) is 2.56. The topological polar surface area (TPSA) is 80.5 Å². The van der Waals surface area contributed by atoms with Crippen LogP contribution in [0.2, 0.25) is 0 Å². The molecule has 0 aliphatic carbocycles. The van der Waals surface area contributed by atoms with E-state index < -0.39 is 26.5 Å². The van der Waals surface area contributed by atoms with Crippen molar-refractivity contribution in [1.82, 2.24) is 0 Å². The van der Waals surface area contributed by atoms with Gasteiger partial charge in [0, 0.05) is 13.1 Å². The maximum absolute atomic E-state index is 13.3. The molecule has 8 heteroatoms. The average molecular weight is 310 g/mol. The number of benzene rings is 2. The van der Waals surface area contributed by atoms with E-state index in [1.54, 1.807) is 30.3 Å². The van der Waals surface area contributed by atoms with Crippen molar-refractivity contribution < 1.29 is 17.7 Å². The van der Waals surface area contributed by atoms with Crippen LogP contribution in [0.3, 0.4) is 0 Å². The van der Waals surface area contributed by atoms with E-state index in [-0.39, 0.29) is 4.90 Å². The second-order valence-electron chi connectivity index (χ2n) is 4.18. The van der Waals surface area contributed by atoms with Crippen LogP contribution in [0.15, 0.2) is 53.4 Å². The van der Waals surface area contributed by atoms with Crippen molar-refractivity contribution in [2.24, 2.45) is 0 Å². The van der Waals surface area contributed by atoms with Gasteiger partial charge in [0.1, 0.15) is 0 Å². The van der Waals surface area contributed by atoms with E-state index in [1.165, 1.54) is 7.05 Å². The number of para-hydroxylation sites is 1. The first-order valence-corrected chi connectivity index (χ1v) is 7.26. The first-order valence-electron chi connectivity index (χ1n) is 5.82. The summed E-state index contributed by atoms with van der Waals surface area (Å²) in [5.74, 6) is -1.08. The lowest BCUT2D eigenvalue weighted by molar-refractivity contribution is -0.387. The molecular weight excluding hydrogens is 299 g/mol. The number of anilines is 1. The highest BCUT2D eigenvalue weighted by Gasteiger charge is 2.25. The van der Waals surface area contributed by atoms with Gasteiger partial charge in [-0.2, -0.15) is 4.39 Å². The van der Waals surface area contributed by atoms with E-state index in [1.807, 2.05) is 0 Å². The van der Waals surface area contributed by atoms with Crippen molar-refractivity contribution in [3.8, 4) is 0 Å². The summed E-state index contributed by atoms with van der Waals surface area (Å²) in [5, 5.41) is 10.7. The van der Waals surface area contributed by atoms with E-state index in [0.717, 1.165) is 16.4 Å². The van der Waals surface area contributed by atoms with Gasteiger partial charge in [-0.3, -0.25) is 14.4 Å². The third kappa shape index (κ3) is 2.84. The van der Waals surface area contributed by atoms with Gasteiger partial charge in [-0.15, -0.1) is 0 Å². The van der Waals surface area contributed by atoms with Gasteiger partial charge in [-0.1, -0.05) is 18.2 Å². The highest BCUT2D eigenvalue weighted by molar-refractivity contribution is 7.92. The van der Waals surface area contributed by atoms with E-state index in [0.29, 0.717) is 11.8 Å². The normalized spacial score (nSPS) is 11.1. The molecule has 0 fully saturated rings. The standard InChI is InChI=1S/C13H11FN2O4S/c1-15(10-5-3-2-4-6-10)21(19,20)11-7-8-12(14)13(9-11)16(17)18/h2-9H,1H3. The smallest absolute Gasteiger partial charge is 0.269 e. The molecule has 0 aliphatic rings. The van der Waals surface area contributed by atoms with E-state index in [4.69, 9.17) is 0 Å². The van der Waals surface area contributed by atoms with Gasteiger partial charge >= 0.3 is 5.69 Å². The number of nitrogens with zero attached hydrogens (tertiary/aromatic N) is 2. The Labute approximate surface area is 120 Å². The van der Waals surface area contributed by atoms with Gasteiger partial charge in [0.15, 0.2) is 0 Å². The third-order valence-electron chi connectivity index (χ3n) is 2.89. The number of nitro groups is 1. The van der Waals surface area contributed by atoms with Crippen LogP contribution in [-0.4, -0.2) is 20.4 Å². The Kier molecular flexibility index (Phi) is 3.90. The lowest BCUT2D eigenvalue weighted by Gasteiger charge is -2.19. The minimum absolute atomic E-state index is 0.345. The van der Waals surface area contributed by atoms with Crippen LogP contribution in [-0.2, 0) is 10.0 Å². The third-order valence-corrected chi connectivity index (χ3v) is 4.67. The Morgan fingerprint density at radius 2 is 1.76 bits per heavy atom. The molecule has 2 rings (SSSR count). The molecule has 0 N–H and O–H groups in total. The lowest BCUT2D eigenvalue weighted by atomic mass is 10.3. The van der Waals surface area contributed by atoms with Crippen molar-refractivity contribution in [1.29, 1.82) is 0 Å². The SMILES string of the molecule is CN(c1ccccc1)S(=O)(=O)c1ccc(F)c([N+](=O)[O-])c1. The van der Waals surface area contributed by atoms with Crippen LogP contribution in [0.25, 0.3) is 0 Å². The molecule has 0 amide bonds. The zero-order valence-electron chi connectivity index (χ0n) is 10.9. The van der Waals surface area contributed by atoms with Crippen LogP contribution < -0.4 is 4.31 Å². The van der Waals surface area contributed by atoms with Gasteiger partial charge in [0.05, 0.1) is 15.5 Å². The van der Waals surface area contributed by atoms with Gasteiger partial charge in [0.2, 0.25) is 5.82 Å². The predicted molar refractivity (Wildman–Crippen MR) is 75.1 cm³/mol. The molecule has 0 spiro atoms. The summed E-state index contributed by atoms with van der Waals surface area (Å²) in [6, 6.07) is 10.7. The van der Waals surface area contributed by atoms with Crippen LogP contribution in [0.5, 0.6) is 0 Å². The molecule has 0 aliphatic heterocycles. The van der Waals surface area contributed by atoms with E-state index in [9.17, 15) is 22.9 Å². The van der Waals surface area contributed by atoms with E-state index in [2.05, 4.69) is 0 Å². The van der Waals surface area contributed by atoms with Gasteiger partial charge < -0.3 is 0 Å². The molecule has 0 aromatic heterocycles. The monoisotopic (exact) mass is 310 g/mol. The molecule has 0 saturated carbocycles. The number of sulfonamides is 1. The van der Waals surface area contributed by atoms with Crippen molar-refractivity contribution in [3.05, 3.63) is 64.5 Å². The molecule has 21 heavy (non-hydrogen) atoms. The molecule has 0 heterocycles. The zero-order chi connectivity index (χ0) is 15.6. The Morgan fingerprint density at radius 3 is 2.33 bits per heavy atom. The summed E-state index contributed by atoms with van der Waals surface area (Å²) in [6.07, 6.45) is 0. The summed E-state index contributed by atoms with van der Waals surface area (Å²) < 4.78 is 39.1. The highest BCUT2D eigenvalue weighted by Crippen LogP contribution is 2.26. The van der Waals surface area contributed by atoms with Crippen LogP contribution in [0, 0.1) is 15.9 Å². The number of hydrogen-bond donors (Lipinski definition) is 0. The zero-order valence-corrected chi connectivity index (χ0v) is 11.7. The fraction of sp³-hybridized carbons (Fsp3) is 0.0769. The van der Waals surface area contributed by atoms with Gasteiger partial charge in [0.25, 0.3) is 10.0 Å². The van der Waals surface area contributed by atoms with Crippen LogP contribution in [0.4, 0.5) is 15.8 Å². The molecule has 2 aromatic rings. The first-order chi connectivity index (χ1) is 9.84. The molecule has 0 bridgehead atoms. The average Bonchev–Trinajstić information content (AvgIpc) is 2.47. The summed E-state index contributed by atoms with van der Waals surface area (Å²) >= 11 is 0. The summed E-state index contributed by atoms with van der Waals surface area (Å²) in [5.41, 5.74) is -0.484. The summed E-state index contributed by atoms with van der Waals surface area (Å²) in [7, 11) is -2.68. The Hall–Kier alpha value is -2.48. The Morgan fingerprint density at radius 1 is 1.14 bits per heavy atom. The lowest BCUT2D eigenvalue weighted by Crippen LogP contribution is -2.26. The van der Waals surface area contributed by atoms with Gasteiger partial charge in [-0.25, -0.2) is 8.42 Å². The molecule has 0 saturated heterocycles. The maximum Gasteiger partial charge on any atom is 0.306 e. The molecule has 110 valence electrons. The molecule has 0 radical (unpaired) electrons. The number of rotatable bonds is 4. The maximum atomic E-state index is 13.3. The number of nitro benzene ring substituents is 1. The Balaban J connectivity index is 2.50. The van der Waals surface area contributed by atoms with Crippen LogP contribution >= 0.6 is 0 Å². The molecule has 0 unspecified atom stereocenters. The first kappa shape index (κ1) is 14.9. The molecule has 0 atom stereocenters. The second kappa shape index (κ2) is 5.49. The van der Waals surface area contributed by atoms with Gasteiger partial charge in [-0.05, 0) is 24.3 Å². The molecular formula is C13H11FN2O4S. The van der Waals surface area contributed by atoms with Crippen LogP contribution in [0.1, 0.15) is 0 Å². The van der Waals surface area contributed by atoms with Crippen molar-refractivity contribution in [2.45, 2.75) is 4.90 Å². The van der Waals surface area contributed by atoms with Crippen molar-refractivity contribution in [3.63, 3.8) is 0 Å². The number of halogens is 1. The molecule has 6 nitrogen and oxygen atoms in total. The fourth-order valence-electron chi connectivity index (χ4n) is 1.73. The largest absolute Gasteiger partial charge is 0.306 e. The minimum atomic E-state index is -4.00. The number of hydrogen-bond acceptors (Lipinski definition) is 4. The Bertz CT molecular complexity index is 778. The highest BCUT2D eigenvalue weighted by atomic mass is 32.2. The second-order valence-corrected chi connectivity index (χ2v) is 6.15. The summed E-state index contributed by atoms with van der Waals surface area (Å²) in [6.45, 7) is 0. The van der Waals surface area contributed by atoms with Crippen molar-refractivity contribution in [2.75, 3.05) is 11.4 Å². The quantitative estimate of drug-likeness (QED) is 0.642. The van der Waals surface area contributed by atoms with Crippen molar-refractivity contribution >= 4 is 21.4 Å². The fourth-order valence-corrected chi connectivity index (χ4v) is 2.94. The summed E-state index contributed by atoms with van der Waals surface area (Å²) in [4.78, 5) is 9.39.